The lowest BCUT2D eigenvalue weighted by atomic mass is 10.1. The fraction of sp³-hybridized carbons (Fsp3) is 0.278. The first-order chi connectivity index (χ1) is 12.0. The van der Waals surface area contributed by atoms with Crippen LogP contribution in [0.2, 0.25) is 0 Å². The van der Waals surface area contributed by atoms with Crippen molar-refractivity contribution in [2.24, 2.45) is 0 Å². The van der Waals surface area contributed by atoms with Crippen molar-refractivity contribution < 1.29 is 14.5 Å². The number of nitro benzene ring substituents is 1. The zero-order valence-corrected chi connectivity index (χ0v) is 14.2. The number of carbonyl (C=O) groups excluding carboxylic acids is 1. The lowest BCUT2D eigenvalue weighted by Gasteiger charge is -2.14. The van der Waals surface area contributed by atoms with E-state index in [2.05, 4.69) is 10.6 Å². The van der Waals surface area contributed by atoms with Gasteiger partial charge in [-0.25, -0.2) is 0 Å². The van der Waals surface area contributed by atoms with Crippen LogP contribution in [0.1, 0.15) is 28.9 Å². The Morgan fingerprint density at radius 1 is 1.24 bits per heavy atom. The Kier molecular flexibility index (Phi) is 6.47. The number of nitrogens with one attached hydrogen (secondary N) is 2. The standard InChI is InChI=1S/C18H21N3O4/c1-13(14-6-4-3-5-7-14)20-18(22)15-8-9-16(19-10-11-25-2)17(12-15)21(23)24/h3-9,12-13,19H,10-11H2,1-2H3,(H,20,22). The molecule has 0 bridgehead atoms. The summed E-state index contributed by atoms with van der Waals surface area (Å²) in [5, 5.41) is 17.1. The second-order valence-corrected chi connectivity index (χ2v) is 5.51. The minimum Gasteiger partial charge on any atom is -0.383 e. The van der Waals surface area contributed by atoms with Crippen LogP contribution in [0, 0.1) is 10.1 Å². The summed E-state index contributed by atoms with van der Waals surface area (Å²) in [6.07, 6.45) is 0. The minimum absolute atomic E-state index is 0.142. The van der Waals surface area contributed by atoms with Gasteiger partial charge >= 0.3 is 0 Å². The summed E-state index contributed by atoms with van der Waals surface area (Å²) in [6.45, 7) is 2.73. The molecule has 1 amide bonds. The first-order valence-corrected chi connectivity index (χ1v) is 7.90. The van der Waals surface area contributed by atoms with E-state index >= 15 is 0 Å². The first kappa shape index (κ1) is 18.4. The highest BCUT2D eigenvalue weighted by Gasteiger charge is 2.18. The van der Waals surface area contributed by atoms with Crippen LogP contribution in [-0.2, 0) is 4.74 Å². The fourth-order valence-corrected chi connectivity index (χ4v) is 2.37. The molecule has 0 saturated carbocycles. The number of nitro groups is 1. The molecule has 0 aromatic heterocycles. The number of hydrogen-bond acceptors (Lipinski definition) is 5. The summed E-state index contributed by atoms with van der Waals surface area (Å²) in [5.41, 5.74) is 1.42. The molecule has 25 heavy (non-hydrogen) atoms. The number of ether oxygens (including phenoxy) is 1. The van der Waals surface area contributed by atoms with Gasteiger partial charge in [-0.2, -0.15) is 0 Å². The maximum Gasteiger partial charge on any atom is 0.293 e. The van der Waals surface area contributed by atoms with E-state index in [-0.39, 0.29) is 23.2 Å². The number of amides is 1. The van der Waals surface area contributed by atoms with Crippen molar-refractivity contribution >= 4 is 17.3 Å². The average molecular weight is 343 g/mol. The SMILES string of the molecule is COCCNc1ccc(C(=O)NC(C)c2ccccc2)cc1[N+](=O)[O-]. The van der Waals surface area contributed by atoms with E-state index in [9.17, 15) is 14.9 Å². The minimum atomic E-state index is -0.507. The third kappa shape index (κ3) is 5.02. The molecule has 0 fully saturated rings. The second-order valence-electron chi connectivity index (χ2n) is 5.51. The summed E-state index contributed by atoms with van der Waals surface area (Å²) in [6, 6.07) is 13.7. The maximum absolute atomic E-state index is 12.4. The molecule has 2 aromatic rings. The fourth-order valence-electron chi connectivity index (χ4n) is 2.37. The Morgan fingerprint density at radius 3 is 2.60 bits per heavy atom. The van der Waals surface area contributed by atoms with Crippen LogP contribution in [0.4, 0.5) is 11.4 Å². The van der Waals surface area contributed by atoms with E-state index in [4.69, 9.17) is 4.74 Å². The van der Waals surface area contributed by atoms with Crippen molar-refractivity contribution in [2.75, 3.05) is 25.6 Å². The third-order valence-corrected chi connectivity index (χ3v) is 3.73. The number of methoxy groups -OCH3 is 1. The predicted octanol–water partition coefficient (Wildman–Crippen LogP) is 3.14. The van der Waals surface area contributed by atoms with E-state index in [1.54, 1.807) is 13.2 Å². The van der Waals surface area contributed by atoms with E-state index in [1.165, 1.54) is 12.1 Å². The highest BCUT2D eigenvalue weighted by atomic mass is 16.6. The molecule has 0 spiro atoms. The quantitative estimate of drug-likeness (QED) is 0.436. The highest BCUT2D eigenvalue weighted by Crippen LogP contribution is 2.25. The molecule has 2 aromatic carbocycles. The van der Waals surface area contributed by atoms with Crippen LogP contribution in [0.15, 0.2) is 48.5 Å². The zero-order valence-electron chi connectivity index (χ0n) is 14.2. The summed E-state index contributed by atoms with van der Waals surface area (Å²) < 4.78 is 4.92. The molecule has 1 atom stereocenters. The molecule has 7 heteroatoms. The molecule has 0 aliphatic heterocycles. The average Bonchev–Trinajstić information content (AvgIpc) is 2.62. The number of carbonyl (C=O) groups is 1. The Hall–Kier alpha value is -2.93. The van der Waals surface area contributed by atoms with E-state index in [0.717, 1.165) is 5.56 Å². The molecule has 0 aliphatic carbocycles. The van der Waals surface area contributed by atoms with Crippen LogP contribution in [0.25, 0.3) is 0 Å². The van der Waals surface area contributed by atoms with Gasteiger partial charge in [0.1, 0.15) is 5.69 Å². The van der Waals surface area contributed by atoms with Crippen LogP contribution < -0.4 is 10.6 Å². The summed E-state index contributed by atoms with van der Waals surface area (Å²) >= 11 is 0. The van der Waals surface area contributed by atoms with Crippen LogP contribution in [0.3, 0.4) is 0 Å². The van der Waals surface area contributed by atoms with Crippen LogP contribution in [-0.4, -0.2) is 31.1 Å². The molecule has 0 radical (unpaired) electrons. The van der Waals surface area contributed by atoms with Gasteiger partial charge in [-0.3, -0.25) is 14.9 Å². The number of rotatable bonds is 8. The second kappa shape index (κ2) is 8.79. The van der Waals surface area contributed by atoms with Crippen molar-refractivity contribution in [3.8, 4) is 0 Å². The van der Waals surface area contributed by atoms with Crippen LogP contribution in [0.5, 0.6) is 0 Å². The molecule has 0 heterocycles. The lowest BCUT2D eigenvalue weighted by molar-refractivity contribution is -0.384. The predicted molar refractivity (Wildman–Crippen MR) is 95.8 cm³/mol. The summed E-state index contributed by atoms with van der Waals surface area (Å²) in [7, 11) is 1.55. The molecule has 2 rings (SSSR count). The molecule has 0 aliphatic rings. The van der Waals surface area contributed by atoms with E-state index in [1.807, 2.05) is 37.3 Å². The van der Waals surface area contributed by atoms with Gasteiger partial charge in [-0.15, -0.1) is 0 Å². The van der Waals surface area contributed by atoms with Gasteiger partial charge in [0.15, 0.2) is 0 Å². The zero-order chi connectivity index (χ0) is 18.2. The summed E-state index contributed by atoms with van der Waals surface area (Å²) in [5.74, 6) is -0.358. The van der Waals surface area contributed by atoms with Gasteiger partial charge in [0, 0.05) is 25.3 Å². The maximum atomic E-state index is 12.4. The van der Waals surface area contributed by atoms with Gasteiger partial charge < -0.3 is 15.4 Å². The van der Waals surface area contributed by atoms with E-state index < -0.39 is 4.92 Å². The molecule has 0 saturated heterocycles. The number of nitrogens with zero attached hydrogens (tertiary/aromatic N) is 1. The summed E-state index contributed by atoms with van der Waals surface area (Å²) in [4.78, 5) is 23.2. The van der Waals surface area contributed by atoms with Crippen molar-refractivity contribution in [1.29, 1.82) is 0 Å². The van der Waals surface area contributed by atoms with Crippen LogP contribution >= 0.6 is 0 Å². The largest absolute Gasteiger partial charge is 0.383 e. The molecular weight excluding hydrogens is 322 g/mol. The number of benzene rings is 2. The topological polar surface area (TPSA) is 93.5 Å². The van der Waals surface area contributed by atoms with Gasteiger partial charge in [-0.05, 0) is 24.6 Å². The van der Waals surface area contributed by atoms with E-state index in [0.29, 0.717) is 18.8 Å². The van der Waals surface area contributed by atoms with Crippen molar-refractivity contribution in [3.05, 3.63) is 69.8 Å². The van der Waals surface area contributed by atoms with Gasteiger partial charge in [0.2, 0.25) is 0 Å². The Labute approximate surface area is 146 Å². The number of hydrogen-bond donors (Lipinski definition) is 2. The normalized spacial score (nSPS) is 11.6. The van der Waals surface area contributed by atoms with Gasteiger partial charge in [-0.1, -0.05) is 30.3 Å². The number of anilines is 1. The monoisotopic (exact) mass is 343 g/mol. The third-order valence-electron chi connectivity index (χ3n) is 3.73. The molecule has 2 N–H and O–H groups in total. The Bertz CT molecular complexity index is 734. The van der Waals surface area contributed by atoms with Crippen molar-refractivity contribution in [3.63, 3.8) is 0 Å². The molecule has 7 nitrogen and oxygen atoms in total. The highest BCUT2D eigenvalue weighted by molar-refractivity contribution is 5.96. The lowest BCUT2D eigenvalue weighted by Crippen LogP contribution is -2.26. The first-order valence-electron chi connectivity index (χ1n) is 7.90. The van der Waals surface area contributed by atoms with Gasteiger partial charge in [0.25, 0.3) is 11.6 Å². The molecule has 1 unspecified atom stereocenters. The molecule has 132 valence electrons. The van der Waals surface area contributed by atoms with Gasteiger partial charge in [0.05, 0.1) is 17.6 Å². The Morgan fingerprint density at radius 2 is 1.96 bits per heavy atom. The van der Waals surface area contributed by atoms with Crippen molar-refractivity contribution in [1.82, 2.24) is 5.32 Å². The van der Waals surface area contributed by atoms with Crippen molar-refractivity contribution in [2.45, 2.75) is 13.0 Å². The Balaban J connectivity index is 2.14. The molecular formula is C18H21N3O4. The smallest absolute Gasteiger partial charge is 0.293 e.